The minimum atomic E-state index is -0.0677. The van der Waals surface area contributed by atoms with Gasteiger partial charge in [-0.1, -0.05) is 45.7 Å². The maximum atomic E-state index is 12.2. The average Bonchev–Trinajstić information content (AvgIpc) is 2.61. The van der Waals surface area contributed by atoms with E-state index in [-0.39, 0.29) is 18.4 Å². The molecular formula is C19H19BrClN3O2. The molecule has 2 N–H and O–H groups in total. The van der Waals surface area contributed by atoms with Crippen LogP contribution in [0.3, 0.4) is 0 Å². The summed E-state index contributed by atoms with van der Waals surface area (Å²) in [6.07, 6.45) is 1.04. The summed E-state index contributed by atoms with van der Waals surface area (Å²) in [5.74, 6) is -0.0845. The number of rotatable bonds is 5. The third-order valence-corrected chi connectivity index (χ3v) is 5.27. The molecule has 0 radical (unpaired) electrons. The number of aryl methyl sites for hydroxylation is 1. The van der Waals surface area contributed by atoms with Crippen molar-refractivity contribution in [3.8, 4) is 0 Å². The standard InChI is InChI=1S/C19H19BrClN3O2/c20-15-4-2-1-3-13(15)5-8-18(25)23-14-6-7-17(16(21)11-14)24-10-9-22-19(26)12-24/h1-4,6-7,11H,5,8-10,12H2,(H,22,26)(H,23,25). The van der Waals surface area contributed by atoms with E-state index in [1.807, 2.05) is 41.3 Å². The second-order valence-electron chi connectivity index (χ2n) is 6.08. The fourth-order valence-corrected chi connectivity index (χ4v) is 3.64. The van der Waals surface area contributed by atoms with Crippen LogP contribution in [0.4, 0.5) is 11.4 Å². The highest BCUT2D eigenvalue weighted by molar-refractivity contribution is 9.10. The Labute approximate surface area is 165 Å². The Kier molecular flexibility index (Phi) is 6.16. The van der Waals surface area contributed by atoms with E-state index in [2.05, 4.69) is 26.6 Å². The first-order valence-corrected chi connectivity index (χ1v) is 9.54. The molecule has 2 amide bonds. The van der Waals surface area contributed by atoms with Crippen LogP contribution in [0.15, 0.2) is 46.9 Å². The summed E-state index contributed by atoms with van der Waals surface area (Å²) in [4.78, 5) is 25.7. The van der Waals surface area contributed by atoms with Crippen molar-refractivity contribution in [2.75, 3.05) is 29.9 Å². The number of hydrogen-bond acceptors (Lipinski definition) is 3. The van der Waals surface area contributed by atoms with Gasteiger partial charge in [-0.25, -0.2) is 0 Å². The smallest absolute Gasteiger partial charge is 0.239 e. The molecule has 0 spiro atoms. The summed E-state index contributed by atoms with van der Waals surface area (Å²) in [7, 11) is 0. The van der Waals surface area contributed by atoms with Crippen molar-refractivity contribution in [3.63, 3.8) is 0 Å². The zero-order valence-corrected chi connectivity index (χ0v) is 16.4. The van der Waals surface area contributed by atoms with Crippen molar-refractivity contribution in [1.82, 2.24) is 5.32 Å². The van der Waals surface area contributed by atoms with E-state index in [1.165, 1.54) is 0 Å². The van der Waals surface area contributed by atoms with Gasteiger partial charge in [-0.05, 0) is 36.2 Å². The molecule has 7 heteroatoms. The summed E-state index contributed by atoms with van der Waals surface area (Å²) in [6.45, 7) is 1.60. The molecule has 136 valence electrons. The van der Waals surface area contributed by atoms with Gasteiger partial charge in [0.2, 0.25) is 11.8 Å². The lowest BCUT2D eigenvalue weighted by molar-refractivity contribution is -0.120. The molecule has 2 aromatic rings. The second kappa shape index (κ2) is 8.56. The predicted octanol–water partition coefficient (Wildman–Crippen LogP) is 3.61. The molecule has 0 atom stereocenters. The Bertz CT molecular complexity index is 828. The molecule has 1 saturated heterocycles. The lowest BCUT2D eigenvalue weighted by Crippen LogP contribution is -2.47. The third-order valence-electron chi connectivity index (χ3n) is 4.19. The number of amides is 2. The van der Waals surface area contributed by atoms with Crippen molar-refractivity contribution in [2.24, 2.45) is 0 Å². The van der Waals surface area contributed by atoms with Crippen LogP contribution in [0.1, 0.15) is 12.0 Å². The van der Waals surface area contributed by atoms with Crippen LogP contribution >= 0.6 is 27.5 Å². The van der Waals surface area contributed by atoms with Gasteiger partial charge in [0.05, 0.1) is 17.3 Å². The lowest BCUT2D eigenvalue weighted by atomic mass is 10.1. The molecule has 0 unspecified atom stereocenters. The van der Waals surface area contributed by atoms with E-state index in [4.69, 9.17) is 11.6 Å². The molecule has 0 saturated carbocycles. The van der Waals surface area contributed by atoms with E-state index in [0.29, 0.717) is 36.6 Å². The number of benzene rings is 2. The molecule has 1 fully saturated rings. The number of halogens is 2. The summed E-state index contributed by atoms with van der Waals surface area (Å²) >= 11 is 9.85. The van der Waals surface area contributed by atoms with Gasteiger partial charge in [-0.3, -0.25) is 9.59 Å². The maximum Gasteiger partial charge on any atom is 0.239 e. The van der Waals surface area contributed by atoms with Gasteiger partial charge >= 0.3 is 0 Å². The second-order valence-corrected chi connectivity index (χ2v) is 7.34. The molecule has 26 heavy (non-hydrogen) atoms. The molecule has 1 aliphatic rings. The summed E-state index contributed by atoms with van der Waals surface area (Å²) in [5.41, 5.74) is 2.55. The Balaban J connectivity index is 1.59. The van der Waals surface area contributed by atoms with Crippen molar-refractivity contribution >= 4 is 50.7 Å². The van der Waals surface area contributed by atoms with E-state index in [1.54, 1.807) is 6.07 Å². The van der Waals surface area contributed by atoms with Gasteiger partial charge in [0.1, 0.15) is 0 Å². The topological polar surface area (TPSA) is 61.4 Å². The van der Waals surface area contributed by atoms with Gasteiger partial charge in [-0.2, -0.15) is 0 Å². The minimum absolute atomic E-state index is 0.0169. The van der Waals surface area contributed by atoms with Gasteiger partial charge in [0.25, 0.3) is 0 Å². The van der Waals surface area contributed by atoms with Gasteiger partial charge in [-0.15, -0.1) is 0 Å². The molecule has 2 aromatic carbocycles. The maximum absolute atomic E-state index is 12.2. The van der Waals surface area contributed by atoms with E-state index < -0.39 is 0 Å². The quantitative estimate of drug-likeness (QED) is 0.753. The molecule has 3 rings (SSSR count). The first-order valence-electron chi connectivity index (χ1n) is 8.37. The third kappa shape index (κ3) is 4.77. The SMILES string of the molecule is O=C1CN(c2ccc(NC(=O)CCc3ccccc3Br)cc2Cl)CCN1. The van der Waals surface area contributed by atoms with Crippen LogP contribution in [0.5, 0.6) is 0 Å². The fraction of sp³-hybridized carbons (Fsp3) is 0.263. The van der Waals surface area contributed by atoms with Crippen LogP contribution in [0.25, 0.3) is 0 Å². The van der Waals surface area contributed by atoms with E-state index in [9.17, 15) is 9.59 Å². The summed E-state index contributed by atoms with van der Waals surface area (Å²) < 4.78 is 1.01. The normalized spacial score (nSPS) is 14.1. The summed E-state index contributed by atoms with van der Waals surface area (Å²) in [6, 6.07) is 13.2. The van der Waals surface area contributed by atoms with Crippen LogP contribution < -0.4 is 15.5 Å². The number of carbonyl (C=O) groups excluding carboxylic acids is 2. The van der Waals surface area contributed by atoms with Crippen molar-refractivity contribution in [1.29, 1.82) is 0 Å². The van der Waals surface area contributed by atoms with Crippen molar-refractivity contribution < 1.29 is 9.59 Å². The summed E-state index contributed by atoms with van der Waals surface area (Å²) in [5, 5.41) is 6.18. The minimum Gasteiger partial charge on any atom is -0.359 e. The van der Waals surface area contributed by atoms with Crippen LogP contribution in [0, 0.1) is 0 Å². The zero-order chi connectivity index (χ0) is 18.5. The highest BCUT2D eigenvalue weighted by Gasteiger charge is 2.18. The van der Waals surface area contributed by atoms with Gasteiger partial charge < -0.3 is 15.5 Å². The Morgan fingerprint density at radius 3 is 2.81 bits per heavy atom. The first-order chi connectivity index (χ1) is 12.5. The number of nitrogens with zero attached hydrogens (tertiary/aromatic N) is 1. The number of hydrogen-bond donors (Lipinski definition) is 2. The van der Waals surface area contributed by atoms with Crippen molar-refractivity contribution in [2.45, 2.75) is 12.8 Å². The largest absolute Gasteiger partial charge is 0.359 e. The lowest BCUT2D eigenvalue weighted by Gasteiger charge is -2.29. The highest BCUT2D eigenvalue weighted by Crippen LogP contribution is 2.29. The van der Waals surface area contributed by atoms with Gasteiger partial charge in [0, 0.05) is 29.7 Å². The van der Waals surface area contributed by atoms with Crippen LogP contribution in [-0.4, -0.2) is 31.4 Å². The average molecular weight is 437 g/mol. The van der Waals surface area contributed by atoms with Gasteiger partial charge in [0.15, 0.2) is 0 Å². The molecule has 0 bridgehead atoms. The Hall–Kier alpha value is -2.05. The first kappa shape index (κ1) is 18.7. The molecule has 5 nitrogen and oxygen atoms in total. The van der Waals surface area contributed by atoms with E-state index >= 15 is 0 Å². The molecule has 0 aromatic heterocycles. The van der Waals surface area contributed by atoms with Crippen LogP contribution in [0.2, 0.25) is 5.02 Å². The number of carbonyl (C=O) groups is 2. The molecule has 1 aliphatic heterocycles. The Morgan fingerprint density at radius 2 is 2.08 bits per heavy atom. The number of anilines is 2. The fourth-order valence-electron chi connectivity index (χ4n) is 2.86. The van der Waals surface area contributed by atoms with E-state index in [0.717, 1.165) is 15.7 Å². The van der Waals surface area contributed by atoms with Crippen molar-refractivity contribution in [3.05, 3.63) is 57.5 Å². The monoisotopic (exact) mass is 435 g/mol. The number of nitrogens with one attached hydrogen (secondary N) is 2. The molecular weight excluding hydrogens is 418 g/mol. The van der Waals surface area contributed by atoms with Crippen LogP contribution in [-0.2, 0) is 16.0 Å². The zero-order valence-electron chi connectivity index (χ0n) is 14.1. The molecule has 1 heterocycles. The number of piperazine rings is 1. The molecule has 0 aliphatic carbocycles. The Morgan fingerprint density at radius 1 is 1.27 bits per heavy atom. The predicted molar refractivity (Wildman–Crippen MR) is 108 cm³/mol. The highest BCUT2D eigenvalue weighted by atomic mass is 79.9.